The van der Waals surface area contributed by atoms with Crippen LogP contribution < -0.4 is 9.47 Å². The van der Waals surface area contributed by atoms with E-state index in [1.165, 1.54) is 16.7 Å². The average molecular weight is 415 g/mol. The molecule has 1 heterocycles. The molecule has 1 fully saturated rings. The van der Waals surface area contributed by atoms with Gasteiger partial charge in [-0.3, -0.25) is 9.80 Å². The van der Waals surface area contributed by atoms with Crippen molar-refractivity contribution in [1.29, 1.82) is 0 Å². The van der Waals surface area contributed by atoms with Gasteiger partial charge >= 0.3 is 0 Å². The number of phenolic OH excluding ortho intramolecular Hbond substituents is 1. The summed E-state index contributed by atoms with van der Waals surface area (Å²) in [5.74, 6) is 1.64. The lowest BCUT2D eigenvalue weighted by Crippen LogP contribution is -2.52. The standard InChI is InChI=1S/C24H34N2O4/c1-17-18(2)22(29-3)9-8-19(17)15-26-12-11-25(16-21(26)10-13-27)14-20-6-5-7-23(30-4)24(20)28/h5-9,21,27-28H,10-16H2,1-4H3/t21-/m1/s1. The lowest BCUT2D eigenvalue weighted by molar-refractivity contribution is 0.0494. The van der Waals surface area contributed by atoms with E-state index in [1.54, 1.807) is 20.3 Å². The van der Waals surface area contributed by atoms with E-state index in [1.807, 2.05) is 18.2 Å². The molecule has 0 aliphatic carbocycles. The Kier molecular flexibility index (Phi) is 7.58. The first-order chi connectivity index (χ1) is 14.5. The number of aliphatic hydroxyl groups is 1. The Labute approximate surface area is 179 Å². The van der Waals surface area contributed by atoms with E-state index in [9.17, 15) is 10.2 Å². The molecule has 1 aliphatic heterocycles. The van der Waals surface area contributed by atoms with Crippen LogP contribution in [0.3, 0.4) is 0 Å². The zero-order valence-electron chi connectivity index (χ0n) is 18.5. The monoisotopic (exact) mass is 414 g/mol. The minimum absolute atomic E-state index is 0.167. The van der Waals surface area contributed by atoms with E-state index >= 15 is 0 Å². The number of para-hydroxylation sites is 1. The zero-order chi connectivity index (χ0) is 21.7. The van der Waals surface area contributed by atoms with Crippen molar-refractivity contribution in [3.8, 4) is 17.2 Å². The number of hydrogen-bond acceptors (Lipinski definition) is 6. The Balaban J connectivity index is 1.71. The van der Waals surface area contributed by atoms with Crippen molar-refractivity contribution in [3.63, 3.8) is 0 Å². The van der Waals surface area contributed by atoms with Crippen LogP contribution in [0.2, 0.25) is 0 Å². The highest BCUT2D eigenvalue weighted by molar-refractivity contribution is 5.45. The van der Waals surface area contributed by atoms with Crippen LogP contribution in [0.15, 0.2) is 30.3 Å². The molecule has 0 aromatic heterocycles. The molecule has 1 aliphatic rings. The van der Waals surface area contributed by atoms with Gasteiger partial charge in [-0.15, -0.1) is 0 Å². The Morgan fingerprint density at radius 2 is 1.70 bits per heavy atom. The lowest BCUT2D eigenvalue weighted by Gasteiger charge is -2.42. The number of phenols is 1. The van der Waals surface area contributed by atoms with E-state index in [2.05, 4.69) is 29.7 Å². The zero-order valence-corrected chi connectivity index (χ0v) is 18.5. The molecular weight excluding hydrogens is 380 g/mol. The molecule has 2 N–H and O–H groups in total. The van der Waals surface area contributed by atoms with Gasteiger partial charge in [0.25, 0.3) is 0 Å². The van der Waals surface area contributed by atoms with Gasteiger partial charge in [0.05, 0.1) is 14.2 Å². The van der Waals surface area contributed by atoms with Gasteiger partial charge in [0.1, 0.15) is 5.75 Å². The van der Waals surface area contributed by atoms with Crippen molar-refractivity contribution < 1.29 is 19.7 Å². The fraction of sp³-hybridized carbons (Fsp3) is 0.500. The van der Waals surface area contributed by atoms with Crippen LogP contribution >= 0.6 is 0 Å². The van der Waals surface area contributed by atoms with Gasteiger partial charge in [0.15, 0.2) is 11.5 Å². The lowest BCUT2D eigenvalue weighted by atomic mass is 10.00. The van der Waals surface area contributed by atoms with Crippen molar-refractivity contribution >= 4 is 0 Å². The number of benzene rings is 2. The molecule has 1 saturated heterocycles. The molecule has 0 saturated carbocycles. The predicted octanol–water partition coefficient (Wildman–Crippen LogP) is 3.10. The van der Waals surface area contributed by atoms with Gasteiger partial charge in [-0.05, 0) is 49.1 Å². The van der Waals surface area contributed by atoms with Crippen LogP contribution in [0.5, 0.6) is 17.2 Å². The van der Waals surface area contributed by atoms with Gasteiger partial charge < -0.3 is 19.7 Å². The highest BCUT2D eigenvalue weighted by atomic mass is 16.5. The van der Waals surface area contributed by atoms with E-state index in [4.69, 9.17) is 9.47 Å². The Hall–Kier alpha value is -2.28. The SMILES string of the molecule is COc1ccc(CN2CCN(Cc3cccc(OC)c3O)C[C@H]2CCO)c(C)c1C. The molecule has 1 atom stereocenters. The third kappa shape index (κ3) is 4.89. The summed E-state index contributed by atoms with van der Waals surface area (Å²) < 4.78 is 10.7. The van der Waals surface area contributed by atoms with Crippen LogP contribution in [0.25, 0.3) is 0 Å². The largest absolute Gasteiger partial charge is 0.504 e. The predicted molar refractivity (Wildman–Crippen MR) is 118 cm³/mol. The molecule has 3 rings (SSSR count). The second-order valence-corrected chi connectivity index (χ2v) is 8.02. The maximum absolute atomic E-state index is 10.4. The average Bonchev–Trinajstić information content (AvgIpc) is 2.75. The molecule has 0 amide bonds. The molecule has 0 bridgehead atoms. The Morgan fingerprint density at radius 3 is 2.40 bits per heavy atom. The van der Waals surface area contributed by atoms with Crippen LogP contribution in [0, 0.1) is 13.8 Å². The maximum Gasteiger partial charge on any atom is 0.162 e. The summed E-state index contributed by atoms with van der Waals surface area (Å²) in [5.41, 5.74) is 4.61. The van der Waals surface area contributed by atoms with E-state index < -0.39 is 0 Å². The molecule has 164 valence electrons. The van der Waals surface area contributed by atoms with Crippen molar-refractivity contribution in [3.05, 3.63) is 52.6 Å². The maximum atomic E-state index is 10.4. The molecule has 2 aromatic rings. The number of piperazine rings is 1. The summed E-state index contributed by atoms with van der Waals surface area (Å²) in [6.07, 6.45) is 0.731. The first kappa shape index (κ1) is 22.4. The second kappa shape index (κ2) is 10.2. The molecule has 30 heavy (non-hydrogen) atoms. The van der Waals surface area contributed by atoms with Crippen molar-refractivity contribution in [1.82, 2.24) is 9.80 Å². The minimum atomic E-state index is 0.167. The van der Waals surface area contributed by atoms with Gasteiger partial charge in [-0.2, -0.15) is 0 Å². The normalized spacial score (nSPS) is 17.8. The summed E-state index contributed by atoms with van der Waals surface area (Å²) in [6.45, 7) is 8.62. The minimum Gasteiger partial charge on any atom is -0.504 e. The van der Waals surface area contributed by atoms with Crippen LogP contribution in [0.4, 0.5) is 0 Å². The third-order valence-electron chi connectivity index (χ3n) is 6.29. The van der Waals surface area contributed by atoms with Gasteiger partial charge in [-0.1, -0.05) is 18.2 Å². The number of nitrogens with zero attached hydrogens (tertiary/aromatic N) is 2. The Morgan fingerprint density at radius 1 is 0.933 bits per heavy atom. The number of aliphatic hydroxyl groups excluding tert-OH is 1. The first-order valence-corrected chi connectivity index (χ1v) is 10.5. The smallest absolute Gasteiger partial charge is 0.162 e. The van der Waals surface area contributed by atoms with E-state index in [0.717, 1.165) is 43.9 Å². The molecular formula is C24H34N2O4. The summed E-state index contributed by atoms with van der Waals surface area (Å²) in [6, 6.07) is 10.1. The van der Waals surface area contributed by atoms with Crippen LogP contribution in [0.1, 0.15) is 28.7 Å². The molecule has 6 heteroatoms. The number of methoxy groups -OCH3 is 2. The molecule has 0 unspecified atom stereocenters. The Bertz CT molecular complexity index is 855. The van der Waals surface area contributed by atoms with Gasteiger partial charge in [0, 0.05) is 50.9 Å². The van der Waals surface area contributed by atoms with Crippen LogP contribution in [-0.4, -0.2) is 66.5 Å². The van der Waals surface area contributed by atoms with Crippen LogP contribution in [-0.2, 0) is 13.1 Å². The number of aromatic hydroxyl groups is 1. The van der Waals surface area contributed by atoms with Gasteiger partial charge in [-0.25, -0.2) is 0 Å². The summed E-state index contributed by atoms with van der Waals surface area (Å²) in [4.78, 5) is 4.81. The quantitative estimate of drug-likeness (QED) is 0.692. The molecule has 0 spiro atoms. The van der Waals surface area contributed by atoms with Crippen molar-refractivity contribution in [2.45, 2.75) is 39.4 Å². The van der Waals surface area contributed by atoms with Gasteiger partial charge in [0.2, 0.25) is 0 Å². The highest BCUT2D eigenvalue weighted by Crippen LogP contribution is 2.31. The summed E-state index contributed by atoms with van der Waals surface area (Å²) in [5, 5.41) is 20.1. The summed E-state index contributed by atoms with van der Waals surface area (Å²) >= 11 is 0. The van der Waals surface area contributed by atoms with Crippen molar-refractivity contribution in [2.24, 2.45) is 0 Å². The summed E-state index contributed by atoms with van der Waals surface area (Å²) in [7, 11) is 3.27. The van der Waals surface area contributed by atoms with E-state index in [0.29, 0.717) is 12.3 Å². The highest BCUT2D eigenvalue weighted by Gasteiger charge is 2.28. The second-order valence-electron chi connectivity index (χ2n) is 8.02. The first-order valence-electron chi connectivity index (χ1n) is 10.5. The topological polar surface area (TPSA) is 65.4 Å². The number of rotatable bonds is 8. The molecule has 0 radical (unpaired) electrons. The molecule has 2 aromatic carbocycles. The number of ether oxygens (including phenoxy) is 2. The fourth-order valence-corrected chi connectivity index (χ4v) is 4.30. The molecule has 6 nitrogen and oxygen atoms in total. The fourth-order valence-electron chi connectivity index (χ4n) is 4.30. The number of hydrogen-bond donors (Lipinski definition) is 2. The van der Waals surface area contributed by atoms with E-state index in [-0.39, 0.29) is 18.4 Å². The van der Waals surface area contributed by atoms with Crippen molar-refractivity contribution in [2.75, 3.05) is 40.5 Å². The third-order valence-corrected chi connectivity index (χ3v) is 6.29.